The molecule has 2 aromatic carbocycles. The Hall–Kier alpha value is -3.62. The number of halogens is 4. The summed E-state index contributed by atoms with van der Waals surface area (Å²) in [6.07, 6.45) is -4.16. The summed E-state index contributed by atoms with van der Waals surface area (Å²) in [4.78, 5) is 12.4. The number of aromatic nitrogens is 2. The summed E-state index contributed by atoms with van der Waals surface area (Å²) in [5.74, 6) is -1.51. The van der Waals surface area contributed by atoms with E-state index in [2.05, 4.69) is 10.4 Å². The zero-order valence-corrected chi connectivity index (χ0v) is 14.7. The van der Waals surface area contributed by atoms with Crippen LogP contribution in [0.4, 0.5) is 17.6 Å². The van der Waals surface area contributed by atoms with Crippen molar-refractivity contribution < 1.29 is 26.8 Å². The maximum absolute atomic E-state index is 14.0. The van der Waals surface area contributed by atoms with Crippen LogP contribution in [-0.4, -0.2) is 15.7 Å². The van der Waals surface area contributed by atoms with Crippen LogP contribution in [-0.2, 0) is 12.7 Å². The second kappa shape index (κ2) is 7.08. The fourth-order valence-corrected chi connectivity index (χ4v) is 2.98. The van der Waals surface area contributed by atoms with E-state index in [9.17, 15) is 22.4 Å². The Morgan fingerprint density at radius 2 is 1.83 bits per heavy atom. The summed E-state index contributed by atoms with van der Waals surface area (Å²) in [6.45, 7) is -0.115. The van der Waals surface area contributed by atoms with Crippen molar-refractivity contribution >= 4 is 16.9 Å². The van der Waals surface area contributed by atoms with Gasteiger partial charge in [0.1, 0.15) is 22.8 Å². The molecule has 2 aromatic heterocycles. The quantitative estimate of drug-likeness (QED) is 0.502. The van der Waals surface area contributed by atoms with Gasteiger partial charge in [0, 0.05) is 5.39 Å². The number of hydrogen-bond acceptors (Lipinski definition) is 3. The smallest absolute Gasteiger partial charge is 0.434 e. The topological polar surface area (TPSA) is 60.1 Å². The molecule has 29 heavy (non-hydrogen) atoms. The minimum atomic E-state index is -4.93. The Morgan fingerprint density at radius 1 is 1.10 bits per heavy atom. The van der Waals surface area contributed by atoms with Gasteiger partial charge in [-0.15, -0.1) is 0 Å². The van der Waals surface area contributed by atoms with Crippen LogP contribution in [0.25, 0.3) is 16.7 Å². The molecule has 0 fully saturated rings. The van der Waals surface area contributed by atoms with Gasteiger partial charge < -0.3 is 9.73 Å². The van der Waals surface area contributed by atoms with Crippen molar-refractivity contribution in [2.75, 3.05) is 0 Å². The summed E-state index contributed by atoms with van der Waals surface area (Å²) in [5, 5.41) is 6.79. The van der Waals surface area contributed by atoms with E-state index in [1.165, 1.54) is 12.1 Å². The maximum Gasteiger partial charge on any atom is 0.434 e. The number of alkyl halides is 3. The molecule has 5 nitrogen and oxygen atoms in total. The van der Waals surface area contributed by atoms with Crippen molar-refractivity contribution in [2.45, 2.75) is 12.7 Å². The number of hydrogen-bond donors (Lipinski definition) is 1. The van der Waals surface area contributed by atoms with Crippen molar-refractivity contribution in [3.63, 3.8) is 0 Å². The summed E-state index contributed by atoms with van der Waals surface area (Å²) >= 11 is 0. The van der Waals surface area contributed by atoms with Gasteiger partial charge in [0.15, 0.2) is 5.69 Å². The molecular weight excluding hydrogens is 390 g/mol. The molecule has 1 N–H and O–H groups in total. The standard InChI is InChI=1S/C20H13F4N3O2/c21-15-6-2-3-7-16(15)27-18(20(22,23)24)14(11-26-27)19(28)25-10-13-9-12-5-1-4-8-17(12)29-13/h1-9,11H,10H2,(H,25,28). The van der Waals surface area contributed by atoms with Crippen LogP contribution >= 0.6 is 0 Å². The molecule has 9 heteroatoms. The van der Waals surface area contributed by atoms with Crippen LogP contribution in [0, 0.1) is 5.82 Å². The summed E-state index contributed by atoms with van der Waals surface area (Å²) in [7, 11) is 0. The average Bonchev–Trinajstić information content (AvgIpc) is 3.30. The molecule has 1 amide bonds. The van der Waals surface area contributed by atoms with Gasteiger partial charge in [0.05, 0.1) is 18.3 Å². The third-order valence-electron chi connectivity index (χ3n) is 4.26. The number of rotatable bonds is 4. The maximum atomic E-state index is 14.0. The molecule has 0 saturated carbocycles. The van der Waals surface area contributed by atoms with Crippen molar-refractivity contribution in [3.05, 3.63) is 83.6 Å². The Balaban J connectivity index is 1.63. The Bertz CT molecular complexity index is 1160. The molecule has 0 unspecified atom stereocenters. The number of furan rings is 1. The number of amides is 1. The Morgan fingerprint density at radius 3 is 2.55 bits per heavy atom. The van der Waals surface area contributed by atoms with Crippen molar-refractivity contribution in [3.8, 4) is 5.69 Å². The van der Waals surface area contributed by atoms with Gasteiger partial charge in [-0.1, -0.05) is 30.3 Å². The number of nitrogens with one attached hydrogen (secondary N) is 1. The van der Waals surface area contributed by atoms with E-state index in [0.717, 1.165) is 23.7 Å². The molecule has 0 aliphatic heterocycles. The number of carbonyl (C=O) groups excluding carboxylic acids is 1. The fraction of sp³-hybridized carbons (Fsp3) is 0.100. The number of nitrogens with zero attached hydrogens (tertiary/aromatic N) is 2. The van der Waals surface area contributed by atoms with E-state index in [4.69, 9.17) is 4.42 Å². The van der Waals surface area contributed by atoms with Crippen LogP contribution < -0.4 is 5.32 Å². The first-order chi connectivity index (χ1) is 13.8. The zero-order valence-electron chi connectivity index (χ0n) is 14.7. The van der Waals surface area contributed by atoms with Gasteiger partial charge in [-0.3, -0.25) is 4.79 Å². The molecule has 0 aliphatic carbocycles. The molecule has 0 bridgehead atoms. The van der Waals surface area contributed by atoms with E-state index >= 15 is 0 Å². The number of fused-ring (bicyclic) bond motifs is 1. The predicted molar refractivity (Wildman–Crippen MR) is 95.9 cm³/mol. The average molecular weight is 403 g/mol. The number of para-hydroxylation sites is 2. The second-order valence-electron chi connectivity index (χ2n) is 6.20. The summed E-state index contributed by atoms with van der Waals surface area (Å²) in [6, 6.07) is 13.7. The Kier molecular flexibility index (Phi) is 4.57. The van der Waals surface area contributed by atoms with Crippen LogP contribution in [0.15, 0.2) is 65.2 Å². The van der Waals surface area contributed by atoms with E-state index in [0.29, 0.717) is 16.0 Å². The summed E-state index contributed by atoms with van der Waals surface area (Å²) < 4.78 is 60.8. The van der Waals surface area contributed by atoms with Gasteiger partial charge >= 0.3 is 6.18 Å². The highest BCUT2D eigenvalue weighted by molar-refractivity contribution is 5.95. The van der Waals surface area contributed by atoms with Gasteiger partial charge in [-0.2, -0.15) is 18.3 Å². The highest BCUT2D eigenvalue weighted by atomic mass is 19.4. The van der Waals surface area contributed by atoms with E-state index < -0.39 is 34.8 Å². The lowest BCUT2D eigenvalue weighted by Crippen LogP contribution is -2.26. The third kappa shape index (κ3) is 3.58. The molecule has 2 heterocycles. The lowest BCUT2D eigenvalue weighted by molar-refractivity contribution is -0.143. The number of benzene rings is 2. The van der Waals surface area contributed by atoms with E-state index in [1.807, 2.05) is 12.1 Å². The first-order valence-corrected chi connectivity index (χ1v) is 8.50. The molecule has 4 aromatic rings. The predicted octanol–water partition coefficient (Wildman–Crippen LogP) is 4.71. The van der Waals surface area contributed by atoms with Gasteiger partial charge in [0.25, 0.3) is 5.91 Å². The SMILES string of the molecule is O=C(NCc1cc2ccccc2o1)c1cnn(-c2ccccc2F)c1C(F)(F)F. The van der Waals surface area contributed by atoms with Crippen molar-refractivity contribution in [1.82, 2.24) is 15.1 Å². The van der Waals surface area contributed by atoms with Crippen LogP contribution in [0.2, 0.25) is 0 Å². The fourth-order valence-electron chi connectivity index (χ4n) is 2.98. The monoisotopic (exact) mass is 403 g/mol. The zero-order chi connectivity index (χ0) is 20.6. The van der Waals surface area contributed by atoms with Crippen molar-refractivity contribution in [1.29, 1.82) is 0 Å². The minimum absolute atomic E-state index is 0.115. The molecule has 0 saturated heterocycles. The van der Waals surface area contributed by atoms with Crippen LogP contribution in [0.3, 0.4) is 0 Å². The first kappa shape index (κ1) is 18.7. The lowest BCUT2D eigenvalue weighted by Gasteiger charge is -2.13. The van der Waals surface area contributed by atoms with Gasteiger partial charge in [-0.25, -0.2) is 9.07 Å². The minimum Gasteiger partial charge on any atom is -0.459 e. The molecule has 0 radical (unpaired) electrons. The van der Waals surface area contributed by atoms with Crippen molar-refractivity contribution in [2.24, 2.45) is 0 Å². The molecule has 0 atom stereocenters. The highest BCUT2D eigenvalue weighted by Gasteiger charge is 2.41. The molecular formula is C20H13F4N3O2. The molecule has 148 valence electrons. The van der Waals surface area contributed by atoms with Crippen LogP contribution in [0.5, 0.6) is 0 Å². The second-order valence-corrected chi connectivity index (χ2v) is 6.20. The summed E-state index contributed by atoms with van der Waals surface area (Å²) in [5.41, 5.74) is -1.88. The number of carbonyl (C=O) groups is 1. The molecule has 0 aliphatic rings. The largest absolute Gasteiger partial charge is 0.459 e. The lowest BCUT2D eigenvalue weighted by atomic mass is 10.2. The van der Waals surface area contributed by atoms with Crippen LogP contribution in [0.1, 0.15) is 21.8 Å². The molecule has 0 spiro atoms. The first-order valence-electron chi connectivity index (χ1n) is 8.50. The van der Waals surface area contributed by atoms with Gasteiger partial charge in [-0.05, 0) is 24.3 Å². The Labute approximate surface area is 161 Å². The van der Waals surface area contributed by atoms with E-state index in [1.54, 1.807) is 18.2 Å². The third-order valence-corrected chi connectivity index (χ3v) is 4.26. The molecule has 4 rings (SSSR count). The van der Waals surface area contributed by atoms with Gasteiger partial charge in [0.2, 0.25) is 0 Å². The van der Waals surface area contributed by atoms with E-state index in [-0.39, 0.29) is 6.54 Å². The highest BCUT2D eigenvalue weighted by Crippen LogP contribution is 2.34. The normalized spacial score (nSPS) is 11.7.